The van der Waals surface area contributed by atoms with Crippen molar-refractivity contribution in [1.29, 1.82) is 0 Å². The van der Waals surface area contributed by atoms with Gasteiger partial charge in [-0.3, -0.25) is 0 Å². The predicted molar refractivity (Wildman–Crippen MR) is 92.7 cm³/mol. The van der Waals surface area contributed by atoms with E-state index in [0.29, 0.717) is 11.3 Å². The molecular weight excluding hydrogens is 272 g/mol. The van der Waals surface area contributed by atoms with Crippen LogP contribution in [0.1, 0.15) is 92.9 Å². The van der Waals surface area contributed by atoms with E-state index in [-0.39, 0.29) is 11.3 Å². The molecule has 2 aliphatic carbocycles. The van der Waals surface area contributed by atoms with Gasteiger partial charge in [0.15, 0.2) is 0 Å². The Balaban J connectivity index is 2.21. The van der Waals surface area contributed by atoms with Gasteiger partial charge in [0.2, 0.25) is 0 Å². The van der Waals surface area contributed by atoms with Crippen LogP contribution in [0.25, 0.3) is 0 Å². The Labute approximate surface area is 137 Å². The lowest BCUT2D eigenvalue weighted by atomic mass is 9.54. The fourth-order valence-electron chi connectivity index (χ4n) is 5.26. The summed E-state index contributed by atoms with van der Waals surface area (Å²) in [5.41, 5.74) is -1.43. The monoisotopic (exact) mass is 310 g/mol. The van der Waals surface area contributed by atoms with E-state index < -0.39 is 11.2 Å². The van der Waals surface area contributed by atoms with Crippen molar-refractivity contribution in [1.82, 2.24) is 0 Å². The van der Waals surface area contributed by atoms with Crippen LogP contribution in [0.15, 0.2) is 0 Å². The van der Waals surface area contributed by atoms with Crippen molar-refractivity contribution < 1.29 is 10.2 Å². The first-order valence-electron chi connectivity index (χ1n) is 9.35. The van der Waals surface area contributed by atoms with Crippen molar-refractivity contribution in [3.8, 4) is 0 Å². The first kappa shape index (κ1) is 18.3. The summed E-state index contributed by atoms with van der Waals surface area (Å²) in [6.45, 7) is 13.6. The average Bonchev–Trinajstić information content (AvgIpc) is 2.37. The summed E-state index contributed by atoms with van der Waals surface area (Å²) in [5.74, 6) is 0.859. The quantitative estimate of drug-likeness (QED) is 0.721. The normalized spacial score (nSPS) is 41.5. The van der Waals surface area contributed by atoms with Crippen LogP contribution in [-0.2, 0) is 0 Å². The van der Waals surface area contributed by atoms with Crippen molar-refractivity contribution in [3.63, 3.8) is 0 Å². The van der Waals surface area contributed by atoms with Crippen molar-refractivity contribution in [2.24, 2.45) is 22.7 Å². The summed E-state index contributed by atoms with van der Waals surface area (Å²) in [6.07, 6.45) is 7.66. The maximum absolute atomic E-state index is 11.6. The molecule has 0 radical (unpaired) electrons. The lowest BCUT2D eigenvalue weighted by molar-refractivity contribution is -0.231. The second kappa shape index (κ2) is 5.77. The van der Waals surface area contributed by atoms with E-state index in [1.807, 2.05) is 0 Å². The molecule has 2 saturated carbocycles. The minimum atomic E-state index is -0.896. The molecule has 22 heavy (non-hydrogen) atoms. The molecule has 0 aliphatic heterocycles. The highest BCUT2D eigenvalue weighted by Crippen LogP contribution is 2.54. The van der Waals surface area contributed by atoms with E-state index >= 15 is 0 Å². The Bertz CT molecular complexity index is 379. The third-order valence-electron chi connectivity index (χ3n) is 6.77. The van der Waals surface area contributed by atoms with Crippen LogP contribution in [-0.4, -0.2) is 21.4 Å². The van der Waals surface area contributed by atoms with Gasteiger partial charge in [-0.05, 0) is 61.2 Å². The molecule has 2 rings (SSSR count). The van der Waals surface area contributed by atoms with Crippen LogP contribution in [0, 0.1) is 22.7 Å². The summed E-state index contributed by atoms with van der Waals surface area (Å²) in [4.78, 5) is 0. The molecule has 2 atom stereocenters. The van der Waals surface area contributed by atoms with Gasteiger partial charge >= 0.3 is 0 Å². The minimum Gasteiger partial charge on any atom is -0.387 e. The number of rotatable bonds is 1. The van der Waals surface area contributed by atoms with Crippen LogP contribution in [0.2, 0.25) is 0 Å². The van der Waals surface area contributed by atoms with E-state index in [0.717, 1.165) is 44.9 Å². The molecule has 0 aromatic heterocycles. The van der Waals surface area contributed by atoms with Crippen molar-refractivity contribution >= 4 is 0 Å². The van der Waals surface area contributed by atoms with E-state index in [1.165, 1.54) is 6.42 Å². The first-order valence-corrected chi connectivity index (χ1v) is 9.35. The highest BCUT2D eigenvalue weighted by atomic mass is 16.4. The van der Waals surface area contributed by atoms with E-state index in [1.54, 1.807) is 0 Å². The molecule has 0 heterocycles. The fourth-order valence-corrected chi connectivity index (χ4v) is 5.26. The van der Waals surface area contributed by atoms with Crippen molar-refractivity contribution in [2.75, 3.05) is 0 Å². The highest BCUT2D eigenvalue weighted by Gasteiger charge is 2.58. The smallest absolute Gasteiger partial charge is 0.0966 e. The Kier molecular flexibility index (Phi) is 4.79. The summed E-state index contributed by atoms with van der Waals surface area (Å²) in [7, 11) is 0. The Morgan fingerprint density at radius 2 is 1.27 bits per heavy atom. The largest absolute Gasteiger partial charge is 0.387 e. The summed E-state index contributed by atoms with van der Waals surface area (Å²) in [6, 6.07) is 0. The maximum atomic E-state index is 11.6. The van der Waals surface area contributed by atoms with Crippen LogP contribution in [0.5, 0.6) is 0 Å². The van der Waals surface area contributed by atoms with Crippen LogP contribution in [0.3, 0.4) is 0 Å². The molecule has 0 bridgehead atoms. The average molecular weight is 311 g/mol. The maximum Gasteiger partial charge on any atom is 0.0966 e. The third-order valence-corrected chi connectivity index (χ3v) is 6.77. The van der Waals surface area contributed by atoms with Crippen LogP contribution < -0.4 is 0 Å². The zero-order chi connectivity index (χ0) is 16.8. The van der Waals surface area contributed by atoms with E-state index in [9.17, 15) is 10.2 Å². The second-order valence-electron chi connectivity index (χ2n) is 10.3. The summed E-state index contributed by atoms with van der Waals surface area (Å²) >= 11 is 0. The van der Waals surface area contributed by atoms with Gasteiger partial charge < -0.3 is 10.2 Å². The fraction of sp³-hybridized carbons (Fsp3) is 1.00. The predicted octanol–water partition coefficient (Wildman–Crippen LogP) is 4.92. The zero-order valence-corrected chi connectivity index (χ0v) is 15.7. The second-order valence-corrected chi connectivity index (χ2v) is 10.3. The molecule has 130 valence electrons. The van der Waals surface area contributed by atoms with Crippen LogP contribution >= 0.6 is 0 Å². The SMILES string of the molecule is CC(C)(C)C1CCC(O)(C2(O)CCCCC2C(C)(C)C)CC1. The molecule has 0 saturated heterocycles. The number of aliphatic hydroxyl groups is 2. The summed E-state index contributed by atoms with van der Waals surface area (Å²) < 4.78 is 0. The molecular formula is C20H38O2. The van der Waals surface area contributed by atoms with E-state index in [4.69, 9.17) is 0 Å². The lowest BCUT2D eigenvalue weighted by Crippen LogP contribution is -2.63. The lowest BCUT2D eigenvalue weighted by Gasteiger charge is -2.57. The molecule has 2 aliphatic rings. The van der Waals surface area contributed by atoms with Gasteiger partial charge in [0, 0.05) is 0 Å². The molecule has 2 fully saturated rings. The molecule has 0 aromatic rings. The van der Waals surface area contributed by atoms with Gasteiger partial charge in [0.05, 0.1) is 11.2 Å². The molecule has 2 unspecified atom stereocenters. The Morgan fingerprint density at radius 1 is 0.727 bits per heavy atom. The third kappa shape index (κ3) is 3.24. The highest BCUT2D eigenvalue weighted by molar-refractivity contribution is 5.09. The molecule has 0 spiro atoms. The minimum absolute atomic E-state index is 0.0474. The Hall–Kier alpha value is -0.0800. The Morgan fingerprint density at radius 3 is 1.73 bits per heavy atom. The molecule has 0 aromatic carbocycles. The number of hydrogen-bond acceptors (Lipinski definition) is 2. The van der Waals surface area contributed by atoms with Gasteiger partial charge in [-0.25, -0.2) is 0 Å². The first-order chi connectivity index (χ1) is 9.90. The zero-order valence-electron chi connectivity index (χ0n) is 15.7. The van der Waals surface area contributed by atoms with Crippen molar-refractivity contribution in [2.45, 2.75) is 104 Å². The van der Waals surface area contributed by atoms with Gasteiger partial charge in [-0.15, -0.1) is 0 Å². The molecule has 2 heteroatoms. The van der Waals surface area contributed by atoms with Gasteiger partial charge in [-0.1, -0.05) is 54.4 Å². The molecule has 2 N–H and O–H groups in total. The molecule has 2 nitrogen and oxygen atoms in total. The van der Waals surface area contributed by atoms with Gasteiger partial charge in [0.1, 0.15) is 0 Å². The molecule has 0 amide bonds. The van der Waals surface area contributed by atoms with E-state index in [2.05, 4.69) is 41.5 Å². The topological polar surface area (TPSA) is 40.5 Å². The van der Waals surface area contributed by atoms with Crippen LogP contribution in [0.4, 0.5) is 0 Å². The summed E-state index contributed by atoms with van der Waals surface area (Å²) in [5, 5.41) is 23.0. The van der Waals surface area contributed by atoms with Crippen molar-refractivity contribution in [3.05, 3.63) is 0 Å². The standard InChI is InChI=1S/C20H38O2/c1-17(2,3)15-10-13-19(21,14-11-15)20(22)12-8-7-9-16(20)18(4,5)6/h15-16,21-22H,7-14H2,1-6H3. The van der Waals surface area contributed by atoms with Gasteiger partial charge in [0.25, 0.3) is 0 Å². The van der Waals surface area contributed by atoms with Gasteiger partial charge in [-0.2, -0.15) is 0 Å². The number of hydrogen-bond donors (Lipinski definition) is 2.